The summed E-state index contributed by atoms with van der Waals surface area (Å²) in [5.41, 5.74) is 15.1. The average molecular weight is 391 g/mol. The van der Waals surface area contributed by atoms with Crippen molar-refractivity contribution < 1.29 is 4.74 Å². The highest BCUT2D eigenvalue weighted by atomic mass is 79.9. The van der Waals surface area contributed by atoms with Crippen LogP contribution in [0.15, 0.2) is 58.1 Å². The highest BCUT2D eigenvalue weighted by molar-refractivity contribution is 9.11. The molecule has 1 aliphatic heterocycles. The van der Waals surface area contributed by atoms with Gasteiger partial charge in [-0.3, -0.25) is 0 Å². The molecule has 1 aromatic carbocycles. The SMILES string of the molecule is C\C=C/C(=C\C=C\Br)C1CCN=C(Nc2ccc(N)c(CN)c2)O1. The molecule has 0 aliphatic carbocycles. The van der Waals surface area contributed by atoms with Crippen LogP contribution >= 0.6 is 15.9 Å². The number of hydrogen-bond acceptors (Lipinski definition) is 5. The van der Waals surface area contributed by atoms with Gasteiger partial charge in [0.1, 0.15) is 6.10 Å². The zero-order chi connectivity index (χ0) is 17.4. The molecular formula is C18H23BrN4O. The lowest BCUT2D eigenvalue weighted by molar-refractivity contribution is 0.203. The number of allylic oxidation sites excluding steroid dienone is 3. The third kappa shape index (κ3) is 4.97. The van der Waals surface area contributed by atoms with E-state index in [1.54, 1.807) is 0 Å². The van der Waals surface area contributed by atoms with Crippen molar-refractivity contribution in [2.24, 2.45) is 10.7 Å². The number of benzene rings is 1. The molecule has 1 aliphatic rings. The predicted octanol–water partition coefficient (Wildman–Crippen LogP) is 3.70. The number of ether oxygens (including phenoxy) is 1. The first-order chi connectivity index (χ1) is 11.7. The second kappa shape index (κ2) is 9.30. The zero-order valence-corrected chi connectivity index (χ0v) is 15.3. The molecule has 5 nitrogen and oxygen atoms in total. The molecule has 5 N–H and O–H groups in total. The number of halogens is 1. The summed E-state index contributed by atoms with van der Waals surface area (Å²) in [5, 5.41) is 3.20. The fourth-order valence-corrected chi connectivity index (χ4v) is 2.56. The van der Waals surface area contributed by atoms with Crippen LogP contribution in [0.5, 0.6) is 0 Å². The van der Waals surface area contributed by atoms with Crippen molar-refractivity contribution in [3.05, 3.63) is 58.6 Å². The van der Waals surface area contributed by atoms with E-state index in [2.05, 4.69) is 32.3 Å². The van der Waals surface area contributed by atoms with Crippen LogP contribution in [0.25, 0.3) is 0 Å². The first-order valence-electron chi connectivity index (χ1n) is 7.84. The van der Waals surface area contributed by atoms with Crippen LogP contribution in [0.3, 0.4) is 0 Å². The summed E-state index contributed by atoms with van der Waals surface area (Å²) in [6, 6.07) is 6.15. The van der Waals surface area contributed by atoms with Gasteiger partial charge in [0, 0.05) is 30.9 Å². The smallest absolute Gasteiger partial charge is 0.289 e. The number of hydrogen-bond donors (Lipinski definition) is 3. The number of nitrogens with two attached hydrogens (primary N) is 2. The fraction of sp³-hybridized carbons (Fsp3) is 0.278. The van der Waals surface area contributed by atoms with Crippen molar-refractivity contribution in [1.82, 2.24) is 0 Å². The van der Waals surface area contributed by atoms with Crippen LogP contribution in [0.1, 0.15) is 18.9 Å². The van der Waals surface area contributed by atoms with Gasteiger partial charge in [0.05, 0.1) is 0 Å². The summed E-state index contributed by atoms with van der Waals surface area (Å²) in [6.07, 6.45) is 8.82. The van der Waals surface area contributed by atoms with E-state index in [1.807, 2.05) is 48.3 Å². The Bertz CT molecular complexity index is 680. The highest BCUT2D eigenvalue weighted by Gasteiger charge is 2.20. The molecule has 0 amide bonds. The molecule has 0 radical (unpaired) electrons. The summed E-state index contributed by atoms with van der Waals surface area (Å²) in [4.78, 5) is 6.23. The highest BCUT2D eigenvalue weighted by Crippen LogP contribution is 2.21. The summed E-state index contributed by atoms with van der Waals surface area (Å²) in [6.45, 7) is 3.09. The Kier molecular flexibility index (Phi) is 7.08. The monoisotopic (exact) mass is 390 g/mol. The maximum absolute atomic E-state index is 6.01. The minimum absolute atomic E-state index is 0.0346. The summed E-state index contributed by atoms with van der Waals surface area (Å²) < 4.78 is 6.01. The van der Waals surface area contributed by atoms with Crippen LogP contribution in [-0.4, -0.2) is 18.7 Å². The molecule has 2 rings (SSSR count). The minimum Gasteiger partial charge on any atom is -0.457 e. The molecule has 6 heteroatoms. The Labute approximate surface area is 151 Å². The van der Waals surface area contributed by atoms with Gasteiger partial charge in [0.15, 0.2) is 0 Å². The van der Waals surface area contributed by atoms with Crippen molar-refractivity contribution in [3.63, 3.8) is 0 Å². The van der Waals surface area contributed by atoms with E-state index in [-0.39, 0.29) is 6.10 Å². The van der Waals surface area contributed by atoms with Crippen molar-refractivity contribution in [3.8, 4) is 0 Å². The Morgan fingerprint density at radius 2 is 2.33 bits per heavy atom. The Morgan fingerprint density at radius 3 is 3.04 bits per heavy atom. The number of nitrogens with zero attached hydrogens (tertiary/aromatic N) is 1. The van der Waals surface area contributed by atoms with E-state index in [4.69, 9.17) is 16.2 Å². The number of aliphatic imine (C=N–C) groups is 1. The van der Waals surface area contributed by atoms with Gasteiger partial charge < -0.3 is 21.5 Å². The van der Waals surface area contributed by atoms with Gasteiger partial charge in [-0.15, -0.1) is 0 Å². The molecule has 1 atom stereocenters. The minimum atomic E-state index is -0.0346. The molecule has 1 unspecified atom stereocenters. The molecule has 0 saturated heterocycles. The Morgan fingerprint density at radius 1 is 1.50 bits per heavy atom. The maximum Gasteiger partial charge on any atom is 0.289 e. The van der Waals surface area contributed by atoms with Crippen LogP contribution in [0, 0.1) is 0 Å². The molecule has 0 saturated carbocycles. The molecule has 0 bridgehead atoms. The molecule has 1 aromatic rings. The van der Waals surface area contributed by atoms with Crippen molar-refractivity contribution in [2.75, 3.05) is 17.6 Å². The average Bonchev–Trinajstić information content (AvgIpc) is 2.60. The Balaban J connectivity index is 2.11. The first kappa shape index (κ1) is 18.3. The molecular weight excluding hydrogens is 368 g/mol. The second-order valence-corrected chi connectivity index (χ2v) is 5.84. The second-order valence-electron chi connectivity index (χ2n) is 5.31. The van der Waals surface area contributed by atoms with Crippen LogP contribution in [0.2, 0.25) is 0 Å². The molecule has 24 heavy (non-hydrogen) atoms. The van der Waals surface area contributed by atoms with Gasteiger partial charge in [-0.1, -0.05) is 40.2 Å². The first-order valence-corrected chi connectivity index (χ1v) is 8.75. The molecule has 0 aromatic heterocycles. The van der Waals surface area contributed by atoms with Gasteiger partial charge in [-0.25, -0.2) is 4.99 Å². The summed E-state index contributed by atoms with van der Waals surface area (Å²) in [7, 11) is 0. The normalized spacial score (nSPS) is 18.7. The van der Waals surface area contributed by atoms with E-state index in [1.165, 1.54) is 0 Å². The van der Waals surface area contributed by atoms with Gasteiger partial charge in [-0.2, -0.15) is 0 Å². The predicted molar refractivity (Wildman–Crippen MR) is 105 cm³/mol. The van der Waals surface area contributed by atoms with Crippen molar-refractivity contribution >= 4 is 33.3 Å². The molecule has 0 spiro atoms. The maximum atomic E-state index is 6.01. The van der Waals surface area contributed by atoms with E-state index in [9.17, 15) is 0 Å². The van der Waals surface area contributed by atoms with Crippen LogP contribution in [-0.2, 0) is 11.3 Å². The number of amidine groups is 1. The molecule has 128 valence electrons. The lowest BCUT2D eigenvalue weighted by atomic mass is 10.1. The fourth-order valence-electron chi connectivity index (χ4n) is 2.41. The van der Waals surface area contributed by atoms with Gasteiger partial charge in [0.25, 0.3) is 6.02 Å². The third-order valence-electron chi connectivity index (χ3n) is 3.61. The number of rotatable bonds is 5. The lowest BCUT2D eigenvalue weighted by Gasteiger charge is -2.25. The quantitative estimate of drug-likeness (QED) is 0.528. The summed E-state index contributed by atoms with van der Waals surface area (Å²) in [5.74, 6) is 0. The van der Waals surface area contributed by atoms with Gasteiger partial charge in [0.2, 0.25) is 0 Å². The lowest BCUT2D eigenvalue weighted by Crippen LogP contribution is -2.30. The number of nitrogens with one attached hydrogen (secondary N) is 1. The van der Waals surface area contributed by atoms with Crippen molar-refractivity contribution in [1.29, 1.82) is 0 Å². The summed E-state index contributed by atoms with van der Waals surface area (Å²) >= 11 is 3.28. The van der Waals surface area contributed by atoms with Crippen LogP contribution in [0.4, 0.5) is 11.4 Å². The van der Waals surface area contributed by atoms with Crippen molar-refractivity contribution in [2.45, 2.75) is 26.0 Å². The number of nitrogen functional groups attached to an aromatic ring is 1. The van der Waals surface area contributed by atoms with Gasteiger partial charge in [-0.05, 0) is 41.2 Å². The van der Waals surface area contributed by atoms with Crippen LogP contribution < -0.4 is 16.8 Å². The third-order valence-corrected chi connectivity index (χ3v) is 3.91. The number of anilines is 2. The van der Waals surface area contributed by atoms with Gasteiger partial charge >= 0.3 is 0 Å². The van der Waals surface area contributed by atoms with E-state index < -0.39 is 0 Å². The molecule has 1 heterocycles. The van der Waals surface area contributed by atoms with E-state index in [0.29, 0.717) is 24.8 Å². The standard InChI is InChI=1S/C18H23BrN4O/c1-2-4-13(5-3-9-19)17-8-10-22-18(24-17)23-15-6-7-16(21)14(11-15)12-20/h2-7,9,11,17H,8,10,12,20-21H2,1H3,(H,22,23)/b4-2-,9-3+,13-5+. The topological polar surface area (TPSA) is 85.7 Å². The van der Waals surface area contributed by atoms with E-state index in [0.717, 1.165) is 23.2 Å². The largest absolute Gasteiger partial charge is 0.457 e. The molecule has 0 fully saturated rings. The Hall–Kier alpha value is -2.05. The van der Waals surface area contributed by atoms with E-state index >= 15 is 0 Å². The zero-order valence-electron chi connectivity index (χ0n) is 13.7.